The Bertz CT molecular complexity index is 93.2. The van der Waals surface area contributed by atoms with Crippen LogP contribution >= 0.6 is 0 Å². The Morgan fingerprint density at radius 3 is 1.80 bits per heavy atom. The molecular weight excluding hydrogens is 132 g/mol. The van der Waals surface area contributed by atoms with Crippen LogP contribution in [-0.4, -0.2) is 25.7 Å². The molecule has 10 heavy (non-hydrogen) atoms. The molecule has 4 heteroatoms. The molecule has 2 heterocycles. The summed E-state index contributed by atoms with van der Waals surface area (Å²) in [6.45, 7) is 2.72. The number of hydrogen-bond acceptors (Lipinski definition) is 4. The van der Waals surface area contributed by atoms with E-state index in [0.717, 1.165) is 26.1 Å². The molecular formula is C6H14N2O2. The quantitative estimate of drug-likeness (QED) is 0.353. The molecule has 0 unspecified atom stereocenters. The fraction of sp³-hybridized carbons (Fsp3) is 1.00. The van der Waals surface area contributed by atoms with Crippen molar-refractivity contribution in [3.63, 3.8) is 0 Å². The van der Waals surface area contributed by atoms with Crippen LogP contribution in [-0.2, 0) is 9.47 Å². The van der Waals surface area contributed by atoms with E-state index in [1.54, 1.807) is 0 Å². The minimum absolute atomic E-state index is 0.715. The molecule has 2 fully saturated rings. The van der Waals surface area contributed by atoms with Crippen molar-refractivity contribution in [3.8, 4) is 0 Å². The number of epoxide rings is 1. The Kier molecular flexibility index (Phi) is 2.62. The Morgan fingerprint density at radius 2 is 1.70 bits per heavy atom. The zero-order chi connectivity index (χ0) is 7.45. The molecule has 0 aromatic heterocycles. The molecule has 2 saturated heterocycles. The van der Waals surface area contributed by atoms with E-state index in [1.165, 1.54) is 0 Å². The molecule has 0 amide bonds. The summed E-state index contributed by atoms with van der Waals surface area (Å²) in [7, 11) is 0. The molecule has 0 atom stereocenters. The van der Waals surface area contributed by atoms with E-state index < -0.39 is 5.85 Å². The average Bonchev–Trinajstić information content (AvgIpc) is 2.64. The van der Waals surface area contributed by atoms with Crippen molar-refractivity contribution in [1.82, 2.24) is 0 Å². The van der Waals surface area contributed by atoms with E-state index in [-0.39, 0.29) is 0 Å². The average molecular weight is 146 g/mol. The highest BCUT2D eigenvalue weighted by Gasteiger charge is 2.24. The normalized spacial score (nSPS) is 27.0. The Hall–Kier alpha value is -0.160. The molecule has 2 rings (SSSR count). The second kappa shape index (κ2) is 3.30. The largest absolute Gasteiger partial charge is 0.377 e. The number of nitrogens with two attached hydrogens (primary N) is 2. The van der Waals surface area contributed by atoms with Crippen molar-refractivity contribution in [2.24, 2.45) is 11.5 Å². The zero-order valence-electron chi connectivity index (χ0n) is 6.01. The summed E-state index contributed by atoms with van der Waals surface area (Å²) in [4.78, 5) is 0. The van der Waals surface area contributed by atoms with Crippen LogP contribution in [0.1, 0.15) is 12.8 Å². The highest BCUT2D eigenvalue weighted by Crippen LogP contribution is 2.12. The lowest BCUT2D eigenvalue weighted by molar-refractivity contribution is 0.0152. The maximum atomic E-state index is 5.33. The van der Waals surface area contributed by atoms with Gasteiger partial charge >= 0.3 is 0 Å². The van der Waals surface area contributed by atoms with Crippen LogP contribution in [0.2, 0.25) is 0 Å². The second-order valence-corrected chi connectivity index (χ2v) is 2.52. The first kappa shape index (κ1) is 7.94. The lowest BCUT2D eigenvalue weighted by Gasteiger charge is -2.14. The molecule has 2 aliphatic heterocycles. The monoisotopic (exact) mass is 146 g/mol. The molecule has 2 aliphatic rings. The van der Waals surface area contributed by atoms with Gasteiger partial charge in [0.15, 0.2) is 5.85 Å². The van der Waals surface area contributed by atoms with Crippen molar-refractivity contribution in [2.75, 3.05) is 19.8 Å². The summed E-state index contributed by atoms with van der Waals surface area (Å²) in [5.74, 6) is -0.806. The topological polar surface area (TPSA) is 73.8 Å². The number of hydrogen-bond donors (Lipinski definition) is 2. The first-order valence-electron chi connectivity index (χ1n) is 3.50. The van der Waals surface area contributed by atoms with Crippen LogP contribution in [0, 0.1) is 0 Å². The van der Waals surface area contributed by atoms with Gasteiger partial charge in [0.05, 0.1) is 19.8 Å². The predicted octanol–water partition coefficient (Wildman–Crippen LogP) is -0.615. The van der Waals surface area contributed by atoms with Crippen LogP contribution in [0.15, 0.2) is 0 Å². The predicted molar refractivity (Wildman–Crippen MR) is 37.1 cm³/mol. The van der Waals surface area contributed by atoms with E-state index in [2.05, 4.69) is 4.74 Å². The van der Waals surface area contributed by atoms with Crippen molar-refractivity contribution in [2.45, 2.75) is 18.7 Å². The van der Waals surface area contributed by atoms with Gasteiger partial charge in [-0.05, 0) is 6.42 Å². The highest BCUT2D eigenvalue weighted by molar-refractivity contribution is 4.69. The van der Waals surface area contributed by atoms with Crippen LogP contribution in [0.5, 0.6) is 0 Å². The van der Waals surface area contributed by atoms with E-state index >= 15 is 0 Å². The lowest BCUT2D eigenvalue weighted by Crippen LogP contribution is -2.48. The van der Waals surface area contributed by atoms with Crippen LogP contribution in [0.4, 0.5) is 0 Å². The molecule has 0 radical (unpaired) electrons. The van der Waals surface area contributed by atoms with Gasteiger partial charge in [0.25, 0.3) is 0 Å². The van der Waals surface area contributed by atoms with Gasteiger partial charge in [0.1, 0.15) is 0 Å². The summed E-state index contributed by atoms with van der Waals surface area (Å²) < 4.78 is 9.40. The van der Waals surface area contributed by atoms with Crippen molar-refractivity contribution < 1.29 is 9.47 Å². The summed E-state index contributed by atoms with van der Waals surface area (Å²) in [5, 5.41) is 0. The summed E-state index contributed by atoms with van der Waals surface area (Å²) >= 11 is 0. The van der Waals surface area contributed by atoms with E-state index in [4.69, 9.17) is 16.2 Å². The molecule has 0 bridgehead atoms. The summed E-state index contributed by atoms with van der Waals surface area (Å²) in [6, 6.07) is 0. The molecule has 0 aromatic rings. The van der Waals surface area contributed by atoms with E-state index in [1.807, 2.05) is 0 Å². The SMILES string of the molecule is C1CO1.NC1(N)CCCO1. The molecule has 60 valence electrons. The van der Waals surface area contributed by atoms with Gasteiger partial charge in [-0.15, -0.1) is 0 Å². The number of ether oxygens (including phenoxy) is 2. The van der Waals surface area contributed by atoms with Crippen LogP contribution < -0.4 is 11.5 Å². The molecule has 0 aromatic carbocycles. The standard InChI is InChI=1S/C4H10N2O.C2H4O/c5-4(6)2-1-3-7-4;1-2-3-1/h1-3,5-6H2;1-2H2. The van der Waals surface area contributed by atoms with Gasteiger partial charge in [-0.2, -0.15) is 0 Å². The molecule has 4 nitrogen and oxygen atoms in total. The fourth-order valence-electron chi connectivity index (χ4n) is 0.683. The Balaban J connectivity index is 0.000000138. The first-order chi connectivity index (χ1) is 4.71. The van der Waals surface area contributed by atoms with Crippen LogP contribution in [0.3, 0.4) is 0 Å². The third kappa shape index (κ3) is 3.79. The van der Waals surface area contributed by atoms with Crippen molar-refractivity contribution in [3.05, 3.63) is 0 Å². The van der Waals surface area contributed by atoms with E-state index in [9.17, 15) is 0 Å². The molecule has 4 N–H and O–H groups in total. The minimum Gasteiger partial charge on any atom is -0.377 e. The Morgan fingerprint density at radius 1 is 1.10 bits per heavy atom. The maximum absolute atomic E-state index is 5.33. The maximum Gasteiger partial charge on any atom is 0.169 e. The van der Waals surface area contributed by atoms with Crippen LogP contribution in [0.25, 0.3) is 0 Å². The van der Waals surface area contributed by atoms with Gasteiger partial charge in [0, 0.05) is 6.42 Å². The van der Waals surface area contributed by atoms with Gasteiger partial charge in [0.2, 0.25) is 0 Å². The number of rotatable bonds is 0. The summed E-state index contributed by atoms with van der Waals surface area (Å²) in [5.41, 5.74) is 10.7. The van der Waals surface area contributed by atoms with Crippen molar-refractivity contribution >= 4 is 0 Å². The molecule has 0 aliphatic carbocycles. The van der Waals surface area contributed by atoms with Gasteiger partial charge in [-0.3, -0.25) is 11.5 Å². The Labute approximate surface area is 60.5 Å². The summed E-state index contributed by atoms with van der Waals surface area (Å²) in [6.07, 6.45) is 1.78. The minimum atomic E-state index is -0.806. The van der Waals surface area contributed by atoms with Gasteiger partial charge in [-0.25, -0.2) is 0 Å². The zero-order valence-corrected chi connectivity index (χ0v) is 6.01. The highest BCUT2D eigenvalue weighted by atomic mass is 16.6. The van der Waals surface area contributed by atoms with Crippen molar-refractivity contribution in [1.29, 1.82) is 0 Å². The molecule has 0 saturated carbocycles. The van der Waals surface area contributed by atoms with Gasteiger partial charge in [-0.1, -0.05) is 0 Å². The van der Waals surface area contributed by atoms with Gasteiger partial charge < -0.3 is 9.47 Å². The third-order valence-electron chi connectivity index (χ3n) is 1.29. The third-order valence-corrected chi connectivity index (χ3v) is 1.29. The fourth-order valence-corrected chi connectivity index (χ4v) is 0.683. The smallest absolute Gasteiger partial charge is 0.169 e. The second-order valence-electron chi connectivity index (χ2n) is 2.52. The van der Waals surface area contributed by atoms with E-state index in [0.29, 0.717) is 6.61 Å². The first-order valence-corrected chi connectivity index (χ1v) is 3.50. The molecule has 0 spiro atoms. The lowest BCUT2D eigenvalue weighted by atomic mass is 10.3.